The fourth-order valence-corrected chi connectivity index (χ4v) is 4.70. The van der Waals surface area contributed by atoms with Gasteiger partial charge in [-0.3, -0.25) is 14.4 Å². The van der Waals surface area contributed by atoms with Crippen LogP contribution in [0.2, 0.25) is 0 Å². The molecule has 3 aromatic rings. The third kappa shape index (κ3) is 6.24. The van der Waals surface area contributed by atoms with Crippen molar-refractivity contribution in [3.05, 3.63) is 59.5 Å². The van der Waals surface area contributed by atoms with Gasteiger partial charge in [0.25, 0.3) is 0 Å². The molecule has 1 aliphatic heterocycles. The SMILES string of the molecule is COc1cccc(N2CC(C(=O)Nc3nc(-c4ccc(CCCNC(C)=O)cc4)cs3)CC2=O)c1. The molecule has 9 heteroatoms. The zero-order valence-corrected chi connectivity index (χ0v) is 20.6. The Balaban J connectivity index is 1.32. The number of aromatic nitrogens is 1. The molecule has 1 unspecified atom stereocenters. The summed E-state index contributed by atoms with van der Waals surface area (Å²) < 4.78 is 5.24. The largest absolute Gasteiger partial charge is 0.497 e. The summed E-state index contributed by atoms with van der Waals surface area (Å²) in [6, 6.07) is 15.4. The average molecular weight is 493 g/mol. The van der Waals surface area contributed by atoms with Gasteiger partial charge in [-0.15, -0.1) is 11.3 Å². The summed E-state index contributed by atoms with van der Waals surface area (Å²) in [5, 5.41) is 8.09. The molecule has 4 rings (SSSR count). The van der Waals surface area contributed by atoms with Crippen LogP contribution in [-0.2, 0) is 20.8 Å². The number of thiazole rings is 1. The molecule has 35 heavy (non-hydrogen) atoms. The molecule has 0 radical (unpaired) electrons. The summed E-state index contributed by atoms with van der Waals surface area (Å²) in [5.41, 5.74) is 3.66. The Kier molecular flexibility index (Phi) is 7.77. The molecule has 1 aliphatic rings. The molecular weight excluding hydrogens is 464 g/mol. The number of hydrogen-bond donors (Lipinski definition) is 2. The highest BCUT2D eigenvalue weighted by molar-refractivity contribution is 7.14. The van der Waals surface area contributed by atoms with Crippen LogP contribution in [0.1, 0.15) is 25.3 Å². The molecule has 0 spiro atoms. The van der Waals surface area contributed by atoms with Crippen LogP contribution in [0.15, 0.2) is 53.9 Å². The standard InChI is InChI=1S/C26H28N4O4S/c1-17(31)27-12-4-5-18-8-10-19(11-9-18)23-16-35-26(28-23)29-25(33)20-13-24(32)30(15-20)21-6-3-7-22(14-21)34-2/h3,6-11,14,16,20H,4-5,12-13,15H2,1-2H3,(H,27,31)(H,28,29,33). The second-order valence-corrected chi connectivity index (χ2v) is 9.28. The number of anilines is 2. The third-order valence-corrected chi connectivity index (χ3v) is 6.62. The fraction of sp³-hybridized carbons (Fsp3) is 0.308. The van der Waals surface area contributed by atoms with Gasteiger partial charge in [0.1, 0.15) is 5.75 Å². The summed E-state index contributed by atoms with van der Waals surface area (Å²) in [6.45, 7) is 2.50. The maximum Gasteiger partial charge on any atom is 0.231 e. The number of nitrogens with zero attached hydrogens (tertiary/aromatic N) is 2. The zero-order valence-electron chi connectivity index (χ0n) is 19.7. The van der Waals surface area contributed by atoms with Crippen molar-refractivity contribution in [3.8, 4) is 17.0 Å². The molecule has 1 aromatic heterocycles. The van der Waals surface area contributed by atoms with E-state index in [-0.39, 0.29) is 24.1 Å². The van der Waals surface area contributed by atoms with E-state index in [1.165, 1.54) is 23.8 Å². The van der Waals surface area contributed by atoms with Gasteiger partial charge in [0, 0.05) is 49.1 Å². The van der Waals surface area contributed by atoms with Gasteiger partial charge in [-0.1, -0.05) is 30.3 Å². The van der Waals surface area contributed by atoms with Gasteiger partial charge >= 0.3 is 0 Å². The highest BCUT2D eigenvalue weighted by Gasteiger charge is 2.35. The van der Waals surface area contributed by atoms with Crippen molar-refractivity contribution < 1.29 is 19.1 Å². The maximum atomic E-state index is 12.8. The topological polar surface area (TPSA) is 101 Å². The predicted molar refractivity (Wildman–Crippen MR) is 137 cm³/mol. The first kappa shape index (κ1) is 24.4. The molecular formula is C26H28N4O4S. The first-order valence-corrected chi connectivity index (χ1v) is 12.4. The minimum absolute atomic E-state index is 0.0134. The number of carbonyl (C=O) groups excluding carboxylic acids is 3. The van der Waals surface area contributed by atoms with Crippen LogP contribution in [0.25, 0.3) is 11.3 Å². The normalized spacial score (nSPS) is 15.2. The molecule has 2 N–H and O–H groups in total. The van der Waals surface area contributed by atoms with E-state index in [4.69, 9.17) is 4.74 Å². The molecule has 0 saturated carbocycles. The van der Waals surface area contributed by atoms with Crippen LogP contribution in [0.3, 0.4) is 0 Å². The Hall–Kier alpha value is -3.72. The van der Waals surface area contributed by atoms with Crippen molar-refractivity contribution in [2.45, 2.75) is 26.2 Å². The van der Waals surface area contributed by atoms with Gasteiger partial charge in [-0.2, -0.15) is 0 Å². The Morgan fingerprint density at radius 1 is 1.20 bits per heavy atom. The lowest BCUT2D eigenvalue weighted by atomic mass is 10.1. The molecule has 182 valence electrons. The molecule has 0 aliphatic carbocycles. The second kappa shape index (κ2) is 11.1. The van der Waals surface area contributed by atoms with Gasteiger partial charge in [0.05, 0.1) is 18.7 Å². The van der Waals surface area contributed by atoms with E-state index in [9.17, 15) is 14.4 Å². The summed E-state index contributed by atoms with van der Waals surface area (Å²) in [4.78, 5) is 42.5. The van der Waals surface area contributed by atoms with Crippen molar-refractivity contribution >= 4 is 39.9 Å². The van der Waals surface area contributed by atoms with Gasteiger partial charge in [0.2, 0.25) is 17.7 Å². The van der Waals surface area contributed by atoms with Crippen molar-refractivity contribution in [1.29, 1.82) is 0 Å². The lowest BCUT2D eigenvalue weighted by Crippen LogP contribution is -2.28. The van der Waals surface area contributed by atoms with Crippen molar-refractivity contribution in [3.63, 3.8) is 0 Å². The van der Waals surface area contributed by atoms with E-state index in [1.807, 2.05) is 35.7 Å². The Bertz CT molecular complexity index is 1210. The number of amides is 3. The van der Waals surface area contributed by atoms with Crippen LogP contribution in [0.5, 0.6) is 5.75 Å². The molecule has 1 saturated heterocycles. The first-order chi connectivity index (χ1) is 16.9. The quantitative estimate of drug-likeness (QED) is 0.442. The minimum atomic E-state index is -0.446. The van der Waals surface area contributed by atoms with Gasteiger partial charge < -0.3 is 20.3 Å². The Morgan fingerprint density at radius 3 is 2.74 bits per heavy atom. The van der Waals surface area contributed by atoms with E-state index in [2.05, 4.69) is 27.8 Å². The monoisotopic (exact) mass is 492 g/mol. The number of nitrogens with one attached hydrogen (secondary N) is 2. The summed E-state index contributed by atoms with van der Waals surface area (Å²) in [5.74, 6) is -0.0931. The Morgan fingerprint density at radius 2 is 2.00 bits per heavy atom. The minimum Gasteiger partial charge on any atom is -0.497 e. The molecule has 1 fully saturated rings. The van der Waals surface area contributed by atoms with Crippen molar-refractivity contribution in [2.24, 2.45) is 5.92 Å². The highest BCUT2D eigenvalue weighted by atomic mass is 32.1. The fourth-order valence-electron chi connectivity index (χ4n) is 3.98. The van der Waals surface area contributed by atoms with Gasteiger partial charge in [-0.05, 0) is 30.5 Å². The number of aryl methyl sites for hydroxylation is 1. The van der Waals surface area contributed by atoms with Crippen LogP contribution in [0, 0.1) is 5.92 Å². The van der Waals surface area contributed by atoms with Crippen molar-refractivity contribution in [1.82, 2.24) is 10.3 Å². The Labute approximate surface area is 208 Å². The van der Waals surface area contributed by atoms with E-state index in [0.717, 1.165) is 29.8 Å². The predicted octanol–water partition coefficient (Wildman–Crippen LogP) is 3.88. The van der Waals surface area contributed by atoms with E-state index in [0.29, 0.717) is 24.0 Å². The highest BCUT2D eigenvalue weighted by Crippen LogP contribution is 2.30. The number of methoxy groups -OCH3 is 1. The summed E-state index contributed by atoms with van der Waals surface area (Å²) >= 11 is 1.36. The molecule has 2 heterocycles. The third-order valence-electron chi connectivity index (χ3n) is 5.86. The smallest absolute Gasteiger partial charge is 0.231 e. The average Bonchev–Trinajstić information content (AvgIpc) is 3.49. The lowest BCUT2D eigenvalue weighted by molar-refractivity contribution is -0.122. The zero-order chi connectivity index (χ0) is 24.8. The molecule has 1 atom stereocenters. The molecule has 2 aromatic carbocycles. The lowest BCUT2D eigenvalue weighted by Gasteiger charge is -2.17. The number of ether oxygens (including phenoxy) is 1. The van der Waals surface area contributed by atoms with Crippen LogP contribution < -0.4 is 20.3 Å². The molecule has 3 amide bonds. The van der Waals surface area contributed by atoms with E-state index in [1.54, 1.807) is 18.1 Å². The molecule has 0 bridgehead atoms. The first-order valence-electron chi connectivity index (χ1n) is 11.5. The number of hydrogen-bond acceptors (Lipinski definition) is 6. The summed E-state index contributed by atoms with van der Waals surface area (Å²) in [7, 11) is 1.58. The summed E-state index contributed by atoms with van der Waals surface area (Å²) in [6.07, 6.45) is 1.92. The van der Waals surface area contributed by atoms with Crippen molar-refractivity contribution in [2.75, 3.05) is 30.4 Å². The number of carbonyl (C=O) groups is 3. The van der Waals surface area contributed by atoms with Gasteiger partial charge in [-0.25, -0.2) is 4.98 Å². The van der Waals surface area contributed by atoms with Crippen LogP contribution in [0.4, 0.5) is 10.8 Å². The number of rotatable bonds is 9. The molecule has 8 nitrogen and oxygen atoms in total. The number of benzene rings is 2. The van der Waals surface area contributed by atoms with Crippen LogP contribution in [-0.4, -0.2) is 42.9 Å². The maximum absolute atomic E-state index is 12.8. The van der Waals surface area contributed by atoms with Crippen LogP contribution >= 0.6 is 11.3 Å². The van der Waals surface area contributed by atoms with E-state index < -0.39 is 5.92 Å². The van der Waals surface area contributed by atoms with E-state index >= 15 is 0 Å². The second-order valence-electron chi connectivity index (χ2n) is 8.42. The van der Waals surface area contributed by atoms with Gasteiger partial charge in [0.15, 0.2) is 5.13 Å².